The number of phenolic OH excluding ortho intramolecular Hbond substituents is 3. The molecule has 0 radical (unpaired) electrons. The van der Waals surface area contributed by atoms with Crippen LogP contribution in [0.15, 0.2) is 42.5 Å². The number of benzene rings is 2. The zero-order valence-corrected chi connectivity index (χ0v) is 13.5. The van der Waals surface area contributed by atoms with E-state index in [1.165, 1.54) is 12.1 Å². The van der Waals surface area contributed by atoms with Crippen molar-refractivity contribution < 1.29 is 25.5 Å². The summed E-state index contributed by atoms with van der Waals surface area (Å²) in [5, 5.41) is 40.3. The van der Waals surface area contributed by atoms with Crippen LogP contribution in [0.25, 0.3) is 0 Å². The lowest BCUT2D eigenvalue weighted by Gasteiger charge is -2.21. The van der Waals surface area contributed by atoms with Crippen LogP contribution in [-0.4, -0.2) is 32.8 Å². The number of aryl methyl sites for hydroxylation is 1. The zero-order chi connectivity index (χ0) is 17.5. The van der Waals surface area contributed by atoms with E-state index < -0.39 is 6.23 Å². The first-order valence-electron chi connectivity index (χ1n) is 7.83. The highest BCUT2D eigenvalue weighted by atomic mass is 17.1. The Labute approximate surface area is 140 Å². The molecule has 0 aliphatic rings. The third kappa shape index (κ3) is 5.42. The van der Waals surface area contributed by atoms with Crippen LogP contribution < -0.4 is 5.32 Å². The van der Waals surface area contributed by atoms with E-state index in [-0.39, 0.29) is 23.3 Å². The summed E-state index contributed by atoms with van der Waals surface area (Å²) in [6.45, 7) is 1.99. The van der Waals surface area contributed by atoms with Crippen molar-refractivity contribution in [2.75, 3.05) is 0 Å². The highest BCUT2D eigenvalue weighted by Gasteiger charge is 2.14. The number of aromatic hydroxyl groups is 3. The minimum Gasteiger partial charge on any atom is -0.508 e. The Kier molecular flexibility index (Phi) is 6.43. The average molecular weight is 333 g/mol. The lowest BCUT2D eigenvalue weighted by atomic mass is 10.1. The molecule has 2 rings (SSSR count). The molecule has 6 heteroatoms. The maximum Gasteiger partial charge on any atom is 0.157 e. The van der Waals surface area contributed by atoms with Crippen LogP contribution in [0.4, 0.5) is 0 Å². The Morgan fingerprint density at radius 2 is 1.62 bits per heavy atom. The summed E-state index contributed by atoms with van der Waals surface area (Å²) in [6.07, 6.45) is 1.37. The predicted molar refractivity (Wildman–Crippen MR) is 90.0 cm³/mol. The van der Waals surface area contributed by atoms with E-state index >= 15 is 0 Å². The van der Waals surface area contributed by atoms with E-state index in [0.29, 0.717) is 6.42 Å². The second kappa shape index (κ2) is 8.54. The molecule has 0 saturated carbocycles. The topological polar surface area (TPSA) is 102 Å². The zero-order valence-electron chi connectivity index (χ0n) is 13.5. The molecule has 0 aromatic heterocycles. The summed E-state index contributed by atoms with van der Waals surface area (Å²) in [5.74, 6) is -0.143. The number of phenols is 3. The molecule has 0 fully saturated rings. The van der Waals surface area contributed by atoms with Crippen LogP contribution in [-0.2, 0) is 17.7 Å². The van der Waals surface area contributed by atoms with Gasteiger partial charge in [-0.3, -0.25) is 10.6 Å². The van der Waals surface area contributed by atoms with Crippen LogP contribution >= 0.6 is 0 Å². The fourth-order valence-electron chi connectivity index (χ4n) is 2.48. The van der Waals surface area contributed by atoms with Crippen molar-refractivity contribution in [3.05, 3.63) is 53.6 Å². The van der Waals surface area contributed by atoms with Crippen molar-refractivity contribution in [3.63, 3.8) is 0 Å². The van der Waals surface area contributed by atoms with E-state index in [1.807, 2.05) is 19.1 Å². The van der Waals surface area contributed by atoms with Crippen molar-refractivity contribution in [2.45, 2.75) is 38.5 Å². The quantitative estimate of drug-likeness (QED) is 0.220. The molecule has 24 heavy (non-hydrogen) atoms. The molecule has 0 bridgehead atoms. The largest absolute Gasteiger partial charge is 0.508 e. The van der Waals surface area contributed by atoms with Gasteiger partial charge in [0.05, 0.1) is 0 Å². The third-order valence-electron chi connectivity index (χ3n) is 3.86. The van der Waals surface area contributed by atoms with Gasteiger partial charge in [-0.25, -0.2) is 4.89 Å². The van der Waals surface area contributed by atoms with Gasteiger partial charge < -0.3 is 15.3 Å². The average Bonchev–Trinajstić information content (AvgIpc) is 2.57. The fraction of sp³-hybridized carbons (Fsp3) is 0.333. The lowest BCUT2D eigenvalue weighted by molar-refractivity contribution is -0.287. The summed E-state index contributed by atoms with van der Waals surface area (Å²) in [5.41, 5.74) is 1.84. The van der Waals surface area contributed by atoms with Crippen LogP contribution in [0.2, 0.25) is 0 Å². The van der Waals surface area contributed by atoms with Crippen molar-refractivity contribution in [1.82, 2.24) is 5.32 Å². The molecule has 2 aromatic rings. The maximum absolute atomic E-state index is 9.51. The monoisotopic (exact) mass is 333 g/mol. The number of hydrogen-bond acceptors (Lipinski definition) is 6. The molecular formula is C18H23NO5. The fourth-order valence-corrected chi connectivity index (χ4v) is 2.48. The third-order valence-corrected chi connectivity index (χ3v) is 3.86. The van der Waals surface area contributed by atoms with E-state index in [4.69, 9.17) is 5.26 Å². The first kappa shape index (κ1) is 18.1. The highest BCUT2D eigenvalue weighted by Crippen LogP contribution is 2.25. The smallest absolute Gasteiger partial charge is 0.157 e. The Bertz CT molecular complexity index is 644. The van der Waals surface area contributed by atoms with Gasteiger partial charge in [0.25, 0.3) is 0 Å². The second-order valence-corrected chi connectivity index (χ2v) is 5.89. The molecule has 0 spiro atoms. The Morgan fingerprint density at radius 1 is 0.958 bits per heavy atom. The normalized spacial score (nSPS) is 13.6. The number of nitrogens with one attached hydrogen (secondary N) is 1. The Balaban J connectivity index is 1.84. The van der Waals surface area contributed by atoms with E-state index in [2.05, 4.69) is 10.2 Å². The van der Waals surface area contributed by atoms with Crippen LogP contribution in [0, 0.1) is 0 Å². The summed E-state index contributed by atoms with van der Waals surface area (Å²) in [7, 11) is 0. The molecule has 130 valence electrons. The van der Waals surface area contributed by atoms with Crippen molar-refractivity contribution in [3.8, 4) is 17.2 Å². The van der Waals surface area contributed by atoms with E-state index in [1.54, 1.807) is 18.2 Å². The van der Waals surface area contributed by atoms with Gasteiger partial charge in [0, 0.05) is 12.5 Å². The first-order valence-corrected chi connectivity index (χ1v) is 7.83. The van der Waals surface area contributed by atoms with Crippen molar-refractivity contribution in [2.24, 2.45) is 0 Å². The minimum absolute atomic E-state index is 0.0849. The minimum atomic E-state index is -0.622. The summed E-state index contributed by atoms with van der Waals surface area (Å²) < 4.78 is 0. The van der Waals surface area contributed by atoms with E-state index in [0.717, 1.165) is 24.0 Å². The van der Waals surface area contributed by atoms with Gasteiger partial charge in [-0.1, -0.05) is 18.2 Å². The Morgan fingerprint density at radius 3 is 2.25 bits per heavy atom. The molecule has 5 N–H and O–H groups in total. The van der Waals surface area contributed by atoms with Gasteiger partial charge in [0.15, 0.2) is 11.5 Å². The number of rotatable bonds is 8. The van der Waals surface area contributed by atoms with Gasteiger partial charge in [-0.05, 0) is 55.2 Å². The molecule has 0 aliphatic heterocycles. The summed E-state index contributed by atoms with van der Waals surface area (Å²) in [4.78, 5) is 4.47. The van der Waals surface area contributed by atoms with Gasteiger partial charge in [-0.2, -0.15) is 0 Å². The molecular weight excluding hydrogens is 310 g/mol. The van der Waals surface area contributed by atoms with Gasteiger partial charge in [0.2, 0.25) is 0 Å². The van der Waals surface area contributed by atoms with Crippen LogP contribution in [0.5, 0.6) is 17.2 Å². The molecule has 2 unspecified atom stereocenters. The first-order chi connectivity index (χ1) is 11.5. The second-order valence-electron chi connectivity index (χ2n) is 5.89. The molecule has 0 amide bonds. The molecule has 0 saturated heterocycles. The van der Waals surface area contributed by atoms with Gasteiger partial charge in [-0.15, -0.1) is 0 Å². The SMILES string of the molecule is CC(CCc1ccc(O)cc1)NC(Cc1ccc(O)c(O)c1)OO. The molecule has 0 aliphatic carbocycles. The van der Waals surface area contributed by atoms with Crippen LogP contribution in [0.1, 0.15) is 24.5 Å². The maximum atomic E-state index is 9.51. The molecule has 2 aromatic carbocycles. The summed E-state index contributed by atoms with van der Waals surface area (Å²) in [6, 6.07) is 11.6. The van der Waals surface area contributed by atoms with Crippen LogP contribution in [0.3, 0.4) is 0 Å². The van der Waals surface area contributed by atoms with Gasteiger partial charge in [0.1, 0.15) is 12.0 Å². The molecule has 2 atom stereocenters. The highest BCUT2D eigenvalue weighted by molar-refractivity contribution is 5.40. The summed E-state index contributed by atoms with van der Waals surface area (Å²) >= 11 is 0. The predicted octanol–water partition coefficient (Wildman–Crippen LogP) is 2.77. The molecule has 6 nitrogen and oxygen atoms in total. The van der Waals surface area contributed by atoms with Crippen molar-refractivity contribution in [1.29, 1.82) is 0 Å². The molecule has 0 heterocycles. The van der Waals surface area contributed by atoms with Gasteiger partial charge >= 0.3 is 0 Å². The lowest BCUT2D eigenvalue weighted by Crippen LogP contribution is -2.39. The standard InChI is InChI=1S/C18H23NO5/c1-12(2-3-13-4-7-15(20)8-5-13)19-18(24-23)11-14-6-9-16(21)17(22)10-14/h4-10,12,18-23H,2-3,11H2,1H3. The Hall–Kier alpha value is -2.28. The number of hydrogen-bond donors (Lipinski definition) is 5. The van der Waals surface area contributed by atoms with Crippen molar-refractivity contribution >= 4 is 0 Å². The van der Waals surface area contributed by atoms with E-state index in [9.17, 15) is 15.3 Å².